The maximum absolute atomic E-state index is 13.8. The summed E-state index contributed by atoms with van der Waals surface area (Å²) in [6.45, 7) is 2.03. The van der Waals surface area contributed by atoms with E-state index >= 15 is 0 Å². The average Bonchev–Trinajstić information content (AvgIpc) is 2.90. The van der Waals surface area contributed by atoms with Crippen molar-refractivity contribution in [3.8, 4) is 0 Å². The number of benzene rings is 3. The molecule has 0 aromatic heterocycles. The average molecular weight is 467 g/mol. The monoisotopic (exact) mass is 466 g/mol. The molecule has 2 atom stereocenters. The Labute approximate surface area is 204 Å². The van der Waals surface area contributed by atoms with Gasteiger partial charge >= 0.3 is 0 Å². The summed E-state index contributed by atoms with van der Waals surface area (Å²) in [5.41, 5.74) is 3.60. The molecule has 6 heteroatoms. The molecule has 2 heterocycles. The highest BCUT2D eigenvalue weighted by atomic mass is 16.2. The molecule has 0 bridgehead atoms. The normalized spacial score (nSPS) is 19.8. The molecule has 0 spiro atoms. The highest BCUT2D eigenvalue weighted by Gasteiger charge is 2.52. The van der Waals surface area contributed by atoms with Crippen molar-refractivity contribution in [1.29, 1.82) is 0 Å². The van der Waals surface area contributed by atoms with E-state index in [0.717, 1.165) is 12.0 Å². The SMILES string of the molecule is CCc1ccc(C([C@@H]2C(=O)c3ccccc3N(C)C2=O)[C@@H]2C(=O)c3ccccc3N(C)C2=O)cc1. The second-order valence-corrected chi connectivity index (χ2v) is 9.13. The van der Waals surface area contributed by atoms with Crippen molar-refractivity contribution >= 4 is 34.8 Å². The number of aryl methyl sites for hydroxylation is 1. The molecule has 6 nitrogen and oxygen atoms in total. The summed E-state index contributed by atoms with van der Waals surface area (Å²) in [7, 11) is 3.26. The highest BCUT2D eigenvalue weighted by Crippen LogP contribution is 2.45. The van der Waals surface area contributed by atoms with Crippen LogP contribution in [0.2, 0.25) is 0 Å². The number of amides is 2. The Bertz CT molecular complexity index is 1280. The first kappa shape index (κ1) is 22.7. The molecule has 2 amide bonds. The largest absolute Gasteiger partial charge is 0.314 e. The fraction of sp³-hybridized carbons (Fsp3) is 0.241. The van der Waals surface area contributed by atoms with Gasteiger partial charge in [0.25, 0.3) is 0 Å². The number of para-hydroxylation sites is 2. The van der Waals surface area contributed by atoms with E-state index < -0.39 is 29.6 Å². The molecule has 0 aliphatic carbocycles. The van der Waals surface area contributed by atoms with Gasteiger partial charge in [-0.3, -0.25) is 19.2 Å². The van der Waals surface area contributed by atoms with Crippen molar-refractivity contribution in [3.63, 3.8) is 0 Å². The number of hydrogen-bond acceptors (Lipinski definition) is 4. The van der Waals surface area contributed by atoms with Crippen LogP contribution in [0.15, 0.2) is 72.8 Å². The van der Waals surface area contributed by atoms with Crippen LogP contribution in [0.3, 0.4) is 0 Å². The van der Waals surface area contributed by atoms with E-state index in [2.05, 4.69) is 0 Å². The van der Waals surface area contributed by atoms with E-state index in [0.29, 0.717) is 28.1 Å². The molecule has 3 aromatic carbocycles. The van der Waals surface area contributed by atoms with Crippen molar-refractivity contribution < 1.29 is 19.2 Å². The predicted octanol–water partition coefficient (Wildman–Crippen LogP) is 4.28. The number of rotatable bonds is 4. The molecule has 0 saturated heterocycles. The van der Waals surface area contributed by atoms with Gasteiger partial charge in [-0.25, -0.2) is 0 Å². The number of nitrogens with zero attached hydrogens (tertiary/aromatic N) is 2. The first-order chi connectivity index (χ1) is 16.8. The van der Waals surface area contributed by atoms with Crippen LogP contribution in [-0.2, 0) is 16.0 Å². The van der Waals surface area contributed by atoms with Gasteiger partial charge in [-0.05, 0) is 41.8 Å². The minimum Gasteiger partial charge on any atom is -0.314 e. The molecule has 35 heavy (non-hydrogen) atoms. The topological polar surface area (TPSA) is 74.8 Å². The summed E-state index contributed by atoms with van der Waals surface area (Å²) >= 11 is 0. The van der Waals surface area contributed by atoms with E-state index in [-0.39, 0.29) is 11.6 Å². The maximum Gasteiger partial charge on any atom is 0.238 e. The molecule has 0 unspecified atom stereocenters. The van der Waals surface area contributed by atoms with Crippen molar-refractivity contribution in [2.75, 3.05) is 23.9 Å². The van der Waals surface area contributed by atoms with Crippen LogP contribution in [0.4, 0.5) is 11.4 Å². The van der Waals surface area contributed by atoms with Gasteiger partial charge in [-0.2, -0.15) is 0 Å². The lowest BCUT2D eigenvalue weighted by atomic mass is 9.68. The summed E-state index contributed by atoms with van der Waals surface area (Å²) in [4.78, 5) is 57.9. The Morgan fingerprint density at radius 3 is 1.51 bits per heavy atom. The Morgan fingerprint density at radius 2 is 1.09 bits per heavy atom. The van der Waals surface area contributed by atoms with Gasteiger partial charge in [0.15, 0.2) is 11.6 Å². The summed E-state index contributed by atoms with van der Waals surface area (Å²) in [6.07, 6.45) is 0.819. The zero-order valence-corrected chi connectivity index (χ0v) is 19.9. The van der Waals surface area contributed by atoms with E-state index in [1.165, 1.54) is 9.80 Å². The van der Waals surface area contributed by atoms with Gasteiger partial charge in [0.1, 0.15) is 11.8 Å². The van der Waals surface area contributed by atoms with E-state index in [9.17, 15) is 19.2 Å². The third-order valence-electron chi connectivity index (χ3n) is 7.31. The Balaban J connectivity index is 1.71. The lowest BCUT2D eigenvalue weighted by Crippen LogP contribution is -2.52. The fourth-order valence-corrected chi connectivity index (χ4v) is 5.35. The fourth-order valence-electron chi connectivity index (χ4n) is 5.35. The van der Waals surface area contributed by atoms with Crippen molar-refractivity contribution in [3.05, 3.63) is 95.1 Å². The van der Waals surface area contributed by atoms with Crippen LogP contribution < -0.4 is 9.80 Å². The van der Waals surface area contributed by atoms with Crippen LogP contribution in [0, 0.1) is 11.8 Å². The Hall–Kier alpha value is -4.06. The zero-order chi connectivity index (χ0) is 24.9. The van der Waals surface area contributed by atoms with Crippen LogP contribution in [0.1, 0.15) is 44.7 Å². The Morgan fingerprint density at radius 1 is 0.657 bits per heavy atom. The van der Waals surface area contributed by atoms with E-state index in [1.807, 2.05) is 31.2 Å². The number of carbonyl (C=O) groups excluding carboxylic acids is 4. The van der Waals surface area contributed by atoms with Crippen molar-refractivity contribution in [2.24, 2.45) is 11.8 Å². The highest BCUT2D eigenvalue weighted by molar-refractivity contribution is 6.25. The molecule has 2 aliphatic heterocycles. The third-order valence-corrected chi connectivity index (χ3v) is 7.31. The van der Waals surface area contributed by atoms with Crippen LogP contribution in [0.5, 0.6) is 0 Å². The van der Waals surface area contributed by atoms with E-state index in [1.54, 1.807) is 62.6 Å². The van der Waals surface area contributed by atoms with Gasteiger partial charge in [-0.1, -0.05) is 55.5 Å². The number of Topliss-reactive ketones (excluding diaryl/α,β-unsaturated/α-hetero) is 2. The van der Waals surface area contributed by atoms with Gasteiger partial charge in [-0.15, -0.1) is 0 Å². The predicted molar refractivity (Wildman–Crippen MR) is 134 cm³/mol. The number of carbonyl (C=O) groups is 4. The molecule has 0 saturated carbocycles. The van der Waals surface area contributed by atoms with Crippen molar-refractivity contribution in [1.82, 2.24) is 0 Å². The number of anilines is 2. The number of hydrogen-bond donors (Lipinski definition) is 0. The minimum absolute atomic E-state index is 0.365. The maximum atomic E-state index is 13.8. The number of fused-ring (bicyclic) bond motifs is 2. The molecule has 2 aliphatic rings. The van der Waals surface area contributed by atoms with Crippen LogP contribution >= 0.6 is 0 Å². The molecule has 0 fully saturated rings. The second-order valence-electron chi connectivity index (χ2n) is 9.13. The zero-order valence-electron chi connectivity index (χ0n) is 19.9. The molecule has 0 N–H and O–H groups in total. The molecule has 176 valence electrons. The first-order valence-corrected chi connectivity index (χ1v) is 11.8. The summed E-state index contributed by atoms with van der Waals surface area (Å²) in [6, 6.07) is 21.4. The van der Waals surface area contributed by atoms with Gasteiger partial charge in [0.05, 0.1) is 11.4 Å². The minimum atomic E-state index is -1.20. The van der Waals surface area contributed by atoms with Gasteiger partial charge in [0, 0.05) is 31.1 Å². The van der Waals surface area contributed by atoms with Gasteiger partial charge < -0.3 is 9.80 Å². The lowest BCUT2D eigenvalue weighted by molar-refractivity contribution is -0.124. The molecular weight excluding hydrogens is 440 g/mol. The molecule has 0 radical (unpaired) electrons. The smallest absolute Gasteiger partial charge is 0.238 e. The van der Waals surface area contributed by atoms with Gasteiger partial charge in [0.2, 0.25) is 11.8 Å². The first-order valence-electron chi connectivity index (χ1n) is 11.8. The molecule has 5 rings (SSSR count). The van der Waals surface area contributed by atoms with Crippen molar-refractivity contribution in [2.45, 2.75) is 19.3 Å². The third kappa shape index (κ3) is 3.48. The molecule has 3 aromatic rings. The quantitative estimate of drug-likeness (QED) is 0.538. The standard InChI is InChI=1S/C29H26N2O4/c1-4-17-13-15-18(16-14-17)23(24-26(32)19-9-5-7-11-21(19)30(2)28(24)34)25-27(33)20-10-6-8-12-22(20)31(3)29(25)35/h5-16,23-25H,4H2,1-3H3/t24-,25-/m1/s1. The Kier molecular flexibility index (Phi) is 5.59. The molecular formula is C29H26N2O4. The van der Waals surface area contributed by atoms with Crippen LogP contribution in [0.25, 0.3) is 0 Å². The second kappa shape index (κ2) is 8.62. The number of ketones is 2. The lowest BCUT2D eigenvalue weighted by Gasteiger charge is -2.40. The summed E-state index contributed by atoms with van der Waals surface area (Å²) in [5.74, 6) is -4.89. The summed E-state index contributed by atoms with van der Waals surface area (Å²) < 4.78 is 0. The van der Waals surface area contributed by atoms with Crippen LogP contribution in [-0.4, -0.2) is 37.5 Å². The summed E-state index contributed by atoms with van der Waals surface area (Å²) in [5, 5.41) is 0. The van der Waals surface area contributed by atoms with E-state index in [4.69, 9.17) is 0 Å².